The van der Waals surface area contributed by atoms with E-state index in [4.69, 9.17) is 11.6 Å². The number of amides is 3. The molecule has 1 aliphatic heterocycles. The van der Waals surface area contributed by atoms with Crippen molar-refractivity contribution < 1.29 is 14.4 Å². The topological polar surface area (TPSA) is 69.7 Å². The fourth-order valence-corrected chi connectivity index (χ4v) is 3.25. The summed E-state index contributed by atoms with van der Waals surface area (Å²) in [5, 5.41) is 3.37. The van der Waals surface area contributed by atoms with Crippen LogP contribution in [0.4, 0.5) is 5.69 Å². The second kappa shape index (κ2) is 8.44. The van der Waals surface area contributed by atoms with E-state index in [9.17, 15) is 14.4 Å². The molecular weight excluding hydrogens is 378 g/mol. The van der Waals surface area contributed by atoms with Crippen LogP contribution in [0.1, 0.15) is 33.2 Å². The number of hydrogen-bond acceptors (Lipinski definition) is 3. The first-order valence-electron chi connectivity index (χ1n) is 9.07. The summed E-state index contributed by atoms with van der Waals surface area (Å²) in [6.07, 6.45) is 0. The molecule has 6 nitrogen and oxygen atoms in total. The molecule has 0 unspecified atom stereocenters. The Balaban J connectivity index is 1.69. The minimum Gasteiger partial charge on any atom is -0.339 e. The van der Waals surface area contributed by atoms with Gasteiger partial charge in [0, 0.05) is 54.9 Å². The molecule has 7 heteroatoms. The molecule has 0 atom stereocenters. The van der Waals surface area contributed by atoms with E-state index in [0.29, 0.717) is 48.0 Å². The molecule has 0 saturated carbocycles. The highest BCUT2D eigenvalue weighted by atomic mass is 35.5. The van der Waals surface area contributed by atoms with Crippen LogP contribution in [-0.2, 0) is 4.79 Å². The predicted molar refractivity (Wildman–Crippen MR) is 109 cm³/mol. The first-order chi connectivity index (χ1) is 13.3. The molecule has 28 heavy (non-hydrogen) atoms. The van der Waals surface area contributed by atoms with Crippen molar-refractivity contribution in [1.29, 1.82) is 0 Å². The number of aryl methyl sites for hydroxylation is 1. The fraction of sp³-hybridized carbons (Fsp3) is 0.286. The number of carbonyl (C=O) groups is 3. The number of carbonyl (C=O) groups excluding carboxylic acids is 3. The maximum Gasteiger partial charge on any atom is 0.255 e. The molecule has 0 spiro atoms. The third kappa shape index (κ3) is 4.51. The molecule has 1 N–H and O–H groups in total. The van der Waals surface area contributed by atoms with E-state index in [1.165, 1.54) is 6.92 Å². The predicted octanol–water partition coefficient (Wildman–Crippen LogP) is 3.21. The molecule has 0 aliphatic carbocycles. The normalized spacial score (nSPS) is 14.0. The highest BCUT2D eigenvalue weighted by Gasteiger charge is 2.23. The van der Waals surface area contributed by atoms with E-state index in [1.54, 1.807) is 46.2 Å². The first kappa shape index (κ1) is 19.9. The van der Waals surface area contributed by atoms with Gasteiger partial charge in [-0.25, -0.2) is 0 Å². The lowest BCUT2D eigenvalue weighted by atomic mass is 10.1. The van der Waals surface area contributed by atoms with Gasteiger partial charge in [0.2, 0.25) is 5.91 Å². The van der Waals surface area contributed by atoms with Gasteiger partial charge in [0.25, 0.3) is 11.8 Å². The lowest BCUT2D eigenvalue weighted by Gasteiger charge is -2.34. The third-order valence-corrected chi connectivity index (χ3v) is 5.22. The molecule has 2 aromatic carbocycles. The molecule has 3 amide bonds. The van der Waals surface area contributed by atoms with Crippen LogP contribution in [0.15, 0.2) is 42.5 Å². The third-order valence-electron chi connectivity index (χ3n) is 4.81. The monoisotopic (exact) mass is 399 g/mol. The summed E-state index contributed by atoms with van der Waals surface area (Å²) in [6.45, 7) is 5.43. The van der Waals surface area contributed by atoms with Crippen LogP contribution in [0.25, 0.3) is 0 Å². The van der Waals surface area contributed by atoms with Crippen molar-refractivity contribution in [3.05, 3.63) is 64.2 Å². The van der Waals surface area contributed by atoms with E-state index in [-0.39, 0.29) is 17.7 Å². The zero-order chi connectivity index (χ0) is 20.3. The highest BCUT2D eigenvalue weighted by Crippen LogP contribution is 2.21. The van der Waals surface area contributed by atoms with E-state index < -0.39 is 0 Å². The van der Waals surface area contributed by atoms with Gasteiger partial charge in [-0.1, -0.05) is 23.7 Å². The summed E-state index contributed by atoms with van der Waals surface area (Å²) in [7, 11) is 0. The Morgan fingerprint density at radius 2 is 1.57 bits per heavy atom. The number of benzene rings is 2. The minimum absolute atomic E-state index is 0.0157. The van der Waals surface area contributed by atoms with Crippen LogP contribution in [0, 0.1) is 6.92 Å². The lowest BCUT2D eigenvalue weighted by molar-refractivity contribution is -0.130. The Hall–Kier alpha value is -2.86. The number of halogens is 1. The number of anilines is 1. The summed E-state index contributed by atoms with van der Waals surface area (Å²) in [6, 6.07) is 11.9. The average molecular weight is 400 g/mol. The molecule has 0 radical (unpaired) electrons. The molecule has 1 heterocycles. The van der Waals surface area contributed by atoms with Gasteiger partial charge in [-0.3, -0.25) is 14.4 Å². The minimum atomic E-state index is -0.309. The zero-order valence-corrected chi connectivity index (χ0v) is 16.6. The smallest absolute Gasteiger partial charge is 0.255 e. The highest BCUT2D eigenvalue weighted by molar-refractivity contribution is 6.31. The van der Waals surface area contributed by atoms with Gasteiger partial charge in [0.15, 0.2) is 0 Å². The Kier molecular flexibility index (Phi) is 5.99. The van der Waals surface area contributed by atoms with E-state index in [1.807, 2.05) is 13.0 Å². The Labute approximate surface area is 169 Å². The summed E-state index contributed by atoms with van der Waals surface area (Å²) < 4.78 is 0. The van der Waals surface area contributed by atoms with Gasteiger partial charge in [0.1, 0.15) is 0 Å². The van der Waals surface area contributed by atoms with Gasteiger partial charge in [-0.15, -0.1) is 0 Å². The molecule has 1 saturated heterocycles. The van der Waals surface area contributed by atoms with Gasteiger partial charge < -0.3 is 15.1 Å². The standard InChI is InChI=1S/C21H22ClN3O3/c1-14-6-7-18(13-19(14)22)23-20(27)16-4-3-5-17(12-16)21(28)25-10-8-24(9-11-25)15(2)26/h3-7,12-13H,8-11H2,1-2H3,(H,23,27). The molecule has 1 fully saturated rings. The summed E-state index contributed by atoms with van der Waals surface area (Å²) in [5.74, 6) is -0.436. The summed E-state index contributed by atoms with van der Waals surface area (Å²) in [5.41, 5.74) is 2.37. The maximum atomic E-state index is 12.8. The number of hydrogen-bond donors (Lipinski definition) is 1. The van der Waals surface area contributed by atoms with Crippen molar-refractivity contribution in [2.75, 3.05) is 31.5 Å². The molecule has 1 aliphatic rings. The maximum absolute atomic E-state index is 12.8. The molecule has 0 bridgehead atoms. The fourth-order valence-electron chi connectivity index (χ4n) is 3.07. The average Bonchev–Trinajstić information content (AvgIpc) is 2.70. The van der Waals surface area contributed by atoms with Crippen LogP contribution < -0.4 is 5.32 Å². The van der Waals surface area contributed by atoms with Crippen LogP contribution in [0.3, 0.4) is 0 Å². The van der Waals surface area contributed by atoms with Crippen molar-refractivity contribution in [1.82, 2.24) is 9.80 Å². The number of nitrogens with zero attached hydrogens (tertiary/aromatic N) is 2. The number of nitrogens with one attached hydrogen (secondary N) is 1. The molecular formula is C21H22ClN3O3. The molecule has 0 aromatic heterocycles. The van der Waals surface area contributed by atoms with Crippen molar-refractivity contribution >= 4 is 35.0 Å². The quantitative estimate of drug-likeness (QED) is 0.861. The Bertz CT molecular complexity index is 921. The van der Waals surface area contributed by atoms with Gasteiger partial charge >= 0.3 is 0 Å². The van der Waals surface area contributed by atoms with Crippen molar-refractivity contribution in [3.8, 4) is 0 Å². The van der Waals surface area contributed by atoms with Crippen molar-refractivity contribution in [2.45, 2.75) is 13.8 Å². The number of rotatable bonds is 3. The Morgan fingerprint density at radius 3 is 2.21 bits per heavy atom. The van der Waals surface area contributed by atoms with E-state index in [0.717, 1.165) is 5.56 Å². The molecule has 3 rings (SSSR count). The van der Waals surface area contributed by atoms with Crippen molar-refractivity contribution in [2.24, 2.45) is 0 Å². The van der Waals surface area contributed by atoms with Gasteiger partial charge in [-0.2, -0.15) is 0 Å². The Morgan fingerprint density at radius 1 is 0.929 bits per heavy atom. The van der Waals surface area contributed by atoms with E-state index in [2.05, 4.69) is 5.32 Å². The van der Waals surface area contributed by atoms with Crippen LogP contribution >= 0.6 is 11.6 Å². The summed E-state index contributed by atoms with van der Waals surface area (Å²) >= 11 is 6.10. The van der Waals surface area contributed by atoms with Crippen LogP contribution in [0.5, 0.6) is 0 Å². The first-order valence-corrected chi connectivity index (χ1v) is 9.45. The zero-order valence-electron chi connectivity index (χ0n) is 15.9. The lowest BCUT2D eigenvalue weighted by Crippen LogP contribution is -2.50. The number of piperazine rings is 1. The molecule has 2 aromatic rings. The van der Waals surface area contributed by atoms with Crippen LogP contribution in [0.2, 0.25) is 5.02 Å². The second-order valence-electron chi connectivity index (χ2n) is 6.80. The second-order valence-corrected chi connectivity index (χ2v) is 7.20. The molecule has 146 valence electrons. The van der Waals surface area contributed by atoms with Crippen LogP contribution in [-0.4, -0.2) is 53.7 Å². The van der Waals surface area contributed by atoms with Gasteiger partial charge in [-0.05, 0) is 42.8 Å². The SMILES string of the molecule is CC(=O)N1CCN(C(=O)c2cccc(C(=O)Nc3ccc(C)c(Cl)c3)c2)CC1. The largest absolute Gasteiger partial charge is 0.339 e. The van der Waals surface area contributed by atoms with E-state index >= 15 is 0 Å². The summed E-state index contributed by atoms with van der Waals surface area (Å²) in [4.78, 5) is 40.2. The van der Waals surface area contributed by atoms with Gasteiger partial charge in [0.05, 0.1) is 0 Å². The van der Waals surface area contributed by atoms with Crippen molar-refractivity contribution in [3.63, 3.8) is 0 Å².